The number of ether oxygens (including phenoxy) is 1. The Morgan fingerprint density at radius 1 is 1.23 bits per heavy atom. The molecule has 0 spiro atoms. The van der Waals surface area contributed by atoms with E-state index in [1.807, 2.05) is 30.3 Å². The van der Waals surface area contributed by atoms with Crippen LogP contribution >= 0.6 is 0 Å². The molecule has 1 aromatic carbocycles. The summed E-state index contributed by atoms with van der Waals surface area (Å²) in [5.41, 5.74) is 0.872. The minimum atomic E-state index is -0.788. The van der Waals surface area contributed by atoms with Gasteiger partial charge in [0.2, 0.25) is 5.78 Å². The average molecular weight is 178 g/mol. The first-order valence-corrected chi connectivity index (χ1v) is 3.92. The van der Waals surface area contributed by atoms with E-state index in [1.54, 1.807) is 0 Å². The van der Waals surface area contributed by atoms with E-state index in [0.717, 1.165) is 5.56 Å². The van der Waals surface area contributed by atoms with E-state index in [9.17, 15) is 9.59 Å². The van der Waals surface area contributed by atoms with Gasteiger partial charge in [0.05, 0.1) is 0 Å². The van der Waals surface area contributed by atoms with Crippen LogP contribution < -0.4 is 0 Å². The molecule has 0 saturated carbocycles. The first-order valence-electron chi connectivity index (χ1n) is 3.92. The molecule has 0 aromatic heterocycles. The van der Waals surface area contributed by atoms with Gasteiger partial charge in [0.25, 0.3) is 0 Å². The highest BCUT2D eigenvalue weighted by Gasteiger charge is 2.07. The molecule has 0 amide bonds. The summed E-state index contributed by atoms with van der Waals surface area (Å²) in [6.07, 6.45) is 0. The average Bonchev–Trinajstić information content (AvgIpc) is 2.15. The van der Waals surface area contributed by atoms with Gasteiger partial charge in [-0.2, -0.15) is 0 Å². The van der Waals surface area contributed by atoms with Crippen LogP contribution in [0.2, 0.25) is 0 Å². The summed E-state index contributed by atoms with van der Waals surface area (Å²) in [6, 6.07) is 9.21. The lowest BCUT2D eigenvalue weighted by atomic mass is 10.2. The number of ketones is 1. The summed E-state index contributed by atoms with van der Waals surface area (Å²) in [4.78, 5) is 21.2. The summed E-state index contributed by atoms with van der Waals surface area (Å²) in [5, 5.41) is 0. The van der Waals surface area contributed by atoms with Crippen molar-refractivity contribution in [2.45, 2.75) is 13.5 Å². The monoisotopic (exact) mass is 178 g/mol. The third kappa shape index (κ3) is 3.07. The molecule has 0 saturated heterocycles. The number of esters is 1. The quantitative estimate of drug-likeness (QED) is 0.518. The van der Waals surface area contributed by atoms with Crippen LogP contribution in [0.1, 0.15) is 12.5 Å². The highest BCUT2D eigenvalue weighted by Crippen LogP contribution is 2.00. The van der Waals surface area contributed by atoms with Crippen molar-refractivity contribution in [1.82, 2.24) is 0 Å². The number of hydrogen-bond acceptors (Lipinski definition) is 3. The van der Waals surface area contributed by atoms with E-state index in [2.05, 4.69) is 0 Å². The van der Waals surface area contributed by atoms with Crippen molar-refractivity contribution in [1.29, 1.82) is 0 Å². The van der Waals surface area contributed by atoms with E-state index >= 15 is 0 Å². The number of Topliss-reactive ketones (excluding diaryl/α,β-unsaturated/α-hetero) is 1. The summed E-state index contributed by atoms with van der Waals surface area (Å²) in [5.74, 6) is -1.36. The van der Waals surface area contributed by atoms with E-state index in [0.29, 0.717) is 0 Å². The van der Waals surface area contributed by atoms with Crippen molar-refractivity contribution >= 4 is 11.8 Å². The van der Waals surface area contributed by atoms with Gasteiger partial charge < -0.3 is 4.74 Å². The predicted molar refractivity (Wildman–Crippen MR) is 46.9 cm³/mol. The second-order valence-corrected chi connectivity index (χ2v) is 2.62. The normalized spacial score (nSPS) is 9.31. The number of rotatable bonds is 3. The lowest BCUT2D eigenvalue weighted by Gasteiger charge is -2.01. The Morgan fingerprint density at radius 2 is 1.85 bits per heavy atom. The summed E-state index contributed by atoms with van der Waals surface area (Å²) in [6.45, 7) is 1.34. The van der Waals surface area contributed by atoms with E-state index in [4.69, 9.17) is 4.74 Å². The maximum Gasteiger partial charge on any atom is 0.374 e. The third-order valence-electron chi connectivity index (χ3n) is 1.50. The molecule has 0 heterocycles. The molecule has 0 radical (unpaired) electrons. The van der Waals surface area contributed by atoms with Gasteiger partial charge in [-0.05, 0) is 5.56 Å². The van der Waals surface area contributed by atoms with E-state index < -0.39 is 11.8 Å². The fourth-order valence-electron chi connectivity index (χ4n) is 0.825. The predicted octanol–water partition coefficient (Wildman–Crippen LogP) is 1.32. The Balaban J connectivity index is 2.44. The van der Waals surface area contributed by atoms with Gasteiger partial charge in [-0.25, -0.2) is 4.79 Å². The minimum Gasteiger partial charge on any atom is -0.455 e. The summed E-state index contributed by atoms with van der Waals surface area (Å²) >= 11 is 0. The molecule has 1 aromatic rings. The standard InChI is InChI=1S/C10H10O3/c1-8(11)10(12)13-7-9-5-3-2-4-6-9/h2-6H,7H2,1H3. The van der Waals surface area contributed by atoms with Gasteiger partial charge in [-0.1, -0.05) is 30.3 Å². The van der Waals surface area contributed by atoms with Crippen LogP contribution in [-0.4, -0.2) is 11.8 Å². The molecule has 0 bridgehead atoms. The maximum absolute atomic E-state index is 10.7. The Morgan fingerprint density at radius 3 is 2.38 bits per heavy atom. The lowest BCUT2D eigenvalue weighted by molar-refractivity contribution is -0.153. The molecule has 3 nitrogen and oxygen atoms in total. The summed E-state index contributed by atoms with van der Waals surface area (Å²) in [7, 11) is 0. The molecule has 0 fully saturated rings. The Kier molecular flexibility index (Phi) is 3.20. The van der Waals surface area contributed by atoms with Crippen LogP contribution in [0.15, 0.2) is 30.3 Å². The van der Waals surface area contributed by atoms with Crippen LogP contribution in [0.3, 0.4) is 0 Å². The molecule has 1 rings (SSSR count). The zero-order valence-corrected chi connectivity index (χ0v) is 7.32. The molecule has 0 aliphatic heterocycles. The zero-order valence-electron chi connectivity index (χ0n) is 7.32. The highest BCUT2D eigenvalue weighted by molar-refractivity contribution is 6.32. The van der Waals surface area contributed by atoms with Crippen LogP contribution in [0, 0.1) is 0 Å². The second kappa shape index (κ2) is 4.40. The third-order valence-corrected chi connectivity index (χ3v) is 1.50. The van der Waals surface area contributed by atoms with Crippen molar-refractivity contribution in [2.24, 2.45) is 0 Å². The van der Waals surface area contributed by atoms with Crippen molar-refractivity contribution < 1.29 is 14.3 Å². The molecule has 0 N–H and O–H groups in total. The molecule has 0 atom stereocenters. The topological polar surface area (TPSA) is 43.4 Å². The zero-order chi connectivity index (χ0) is 9.68. The second-order valence-electron chi connectivity index (χ2n) is 2.62. The van der Waals surface area contributed by atoms with Crippen molar-refractivity contribution in [3.05, 3.63) is 35.9 Å². The van der Waals surface area contributed by atoms with E-state index in [-0.39, 0.29) is 6.61 Å². The molecule has 0 aliphatic carbocycles. The fourth-order valence-corrected chi connectivity index (χ4v) is 0.825. The Labute approximate surface area is 76.3 Å². The fraction of sp³-hybridized carbons (Fsp3) is 0.200. The van der Waals surface area contributed by atoms with Crippen LogP contribution in [-0.2, 0) is 20.9 Å². The van der Waals surface area contributed by atoms with Gasteiger partial charge in [-0.3, -0.25) is 4.79 Å². The van der Waals surface area contributed by atoms with Gasteiger partial charge in [-0.15, -0.1) is 0 Å². The first kappa shape index (κ1) is 9.45. The van der Waals surface area contributed by atoms with Crippen LogP contribution in [0.4, 0.5) is 0 Å². The van der Waals surface area contributed by atoms with Crippen LogP contribution in [0.25, 0.3) is 0 Å². The molecule has 0 unspecified atom stereocenters. The number of hydrogen-bond donors (Lipinski definition) is 0. The van der Waals surface area contributed by atoms with Crippen molar-refractivity contribution in [3.8, 4) is 0 Å². The van der Waals surface area contributed by atoms with Crippen molar-refractivity contribution in [3.63, 3.8) is 0 Å². The molecule has 68 valence electrons. The first-order chi connectivity index (χ1) is 6.20. The largest absolute Gasteiger partial charge is 0.455 e. The molecule has 13 heavy (non-hydrogen) atoms. The van der Waals surface area contributed by atoms with Crippen LogP contribution in [0.5, 0.6) is 0 Å². The number of benzene rings is 1. The Bertz CT molecular complexity index is 303. The van der Waals surface area contributed by atoms with Gasteiger partial charge >= 0.3 is 5.97 Å². The Hall–Kier alpha value is -1.64. The molecule has 0 aliphatic rings. The van der Waals surface area contributed by atoms with E-state index in [1.165, 1.54) is 6.92 Å². The van der Waals surface area contributed by atoms with Crippen molar-refractivity contribution in [2.75, 3.05) is 0 Å². The van der Waals surface area contributed by atoms with Gasteiger partial charge in [0, 0.05) is 6.92 Å². The maximum atomic E-state index is 10.7. The van der Waals surface area contributed by atoms with Gasteiger partial charge in [0.15, 0.2) is 0 Å². The molecule has 3 heteroatoms. The highest BCUT2D eigenvalue weighted by atomic mass is 16.5. The number of carbonyl (C=O) groups excluding carboxylic acids is 2. The SMILES string of the molecule is CC(=O)C(=O)OCc1ccccc1. The smallest absolute Gasteiger partial charge is 0.374 e. The summed E-state index contributed by atoms with van der Waals surface area (Å²) < 4.78 is 4.70. The van der Waals surface area contributed by atoms with Gasteiger partial charge in [0.1, 0.15) is 6.61 Å². The molecular weight excluding hydrogens is 168 g/mol. The minimum absolute atomic E-state index is 0.152. The molecular formula is C10H10O3. The number of carbonyl (C=O) groups is 2. The lowest BCUT2D eigenvalue weighted by Crippen LogP contribution is -2.13.